The third kappa shape index (κ3) is 1.50. The van der Waals surface area contributed by atoms with Gasteiger partial charge in [0.05, 0.1) is 0 Å². The quantitative estimate of drug-likeness (QED) is 0.679. The third-order valence-electron chi connectivity index (χ3n) is 2.71. The van der Waals surface area contributed by atoms with Gasteiger partial charge in [-0.2, -0.15) is 15.4 Å². The molecular weight excluding hydrogens is 214 g/mol. The molecule has 0 atom stereocenters. The van der Waals surface area contributed by atoms with Crippen LogP contribution in [0.4, 0.5) is 0 Å². The number of hydrogen-bond acceptors (Lipinski definition) is 3. The zero-order valence-corrected chi connectivity index (χ0v) is 8.92. The van der Waals surface area contributed by atoms with Crippen molar-refractivity contribution in [2.45, 2.75) is 0 Å². The summed E-state index contributed by atoms with van der Waals surface area (Å²) in [5.41, 5.74) is 3.90. The summed E-state index contributed by atoms with van der Waals surface area (Å²) in [7, 11) is 0. The predicted octanol–water partition coefficient (Wildman–Crippen LogP) is 2.44. The van der Waals surface area contributed by atoms with E-state index in [-0.39, 0.29) is 0 Å². The van der Waals surface area contributed by atoms with Gasteiger partial charge in [0.25, 0.3) is 0 Å². The van der Waals surface area contributed by atoms with Crippen molar-refractivity contribution >= 4 is 17.3 Å². The molecule has 0 unspecified atom stereocenters. The van der Waals surface area contributed by atoms with E-state index in [1.54, 1.807) is 12.1 Å². The molecule has 0 saturated carbocycles. The van der Waals surface area contributed by atoms with E-state index in [1.807, 2.05) is 30.3 Å². The highest BCUT2D eigenvalue weighted by Gasteiger charge is 2.11. The summed E-state index contributed by atoms with van der Waals surface area (Å²) < 4.78 is 0. The first-order chi connectivity index (χ1) is 8.40. The summed E-state index contributed by atoms with van der Waals surface area (Å²) in [5.74, 6) is 0. The zero-order valence-electron chi connectivity index (χ0n) is 8.92. The summed E-state index contributed by atoms with van der Waals surface area (Å²) >= 11 is 0. The Bertz CT molecular complexity index is 673. The average molecular weight is 223 g/mol. The molecule has 82 valence electrons. The van der Waals surface area contributed by atoms with Crippen molar-refractivity contribution in [3.8, 4) is 11.1 Å². The number of aromatic amines is 1. The first kappa shape index (κ1) is 9.72. The van der Waals surface area contributed by atoms with Crippen LogP contribution in [-0.4, -0.2) is 21.7 Å². The number of carbonyl (C=O) groups excluding carboxylic acids is 1. The Morgan fingerprint density at radius 3 is 2.59 bits per heavy atom. The van der Waals surface area contributed by atoms with E-state index < -0.39 is 0 Å². The Labute approximate surface area is 97.3 Å². The molecule has 0 amide bonds. The third-order valence-corrected chi connectivity index (χ3v) is 2.71. The van der Waals surface area contributed by atoms with Crippen LogP contribution in [0.2, 0.25) is 0 Å². The molecule has 0 radical (unpaired) electrons. The van der Waals surface area contributed by atoms with Gasteiger partial charge < -0.3 is 0 Å². The number of hydrogen-bond donors (Lipinski definition) is 1. The van der Waals surface area contributed by atoms with Crippen molar-refractivity contribution in [2.75, 3.05) is 0 Å². The van der Waals surface area contributed by atoms with Crippen molar-refractivity contribution in [3.05, 3.63) is 48.0 Å². The second-order valence-corrected chi connectivity index (χ2v) is 3.71. The summed E-state index contributed by atoms with van der Waals surface area (Å²) in [6, 6.07) is 13.3. The molecule has 0 aliphatic rings. The molecule has 0 bridgehead atoms. The smallest absolute Gasteiger partial charge is 0.150 e. The lowest BCUT2D eigenvalue weighted by Gasteiger charge is -2.04. The Kier molecular flexibility index (Phi) is 2.19. The van der Waals surface area contributed by atoms with Gasteiger partial charge in [0.1, 0.15) is 11.0 Å². The number of fused-ring (bicyclic) bond motifs is 1. The van der Waals surface area contributed by atoms with Crippen LogP contribution in [0, 0.1) is 0 Å². The van der Waals surface area contributed by atoms with Crippen LogP contribution in [0.3, 0.4) is 0 Å². The van der Waals surface area contributed by atoms with Crippen LogP contribution >= 0.6 is 0 Å². The molecule has 1 aromatic heterocycles. The molecule has 4 heteroatoms. The minimum atomic E-state index is 0.623. The van der Waals surface area contributed by atoms with Crippen LogP contribution in [0.15, 0.2) is 42.5 Å². The minimum Gasteiger partial charge on any atom is -0.298 e. The highest BCUT2D eigenvalue weighted by molar-refractivity contribution is 6.01. The molecule has 0 spiro atoms. The highest BCUT2D eigenvalue weighted by atomic mass is 16.1. The van der Waals surface area contributed by atoms with Crippen LogP contribution < -0.4 is 0 Å². The van der Waals surface area contributed by atoms with Gasteiger partial charge in [-0.05, 0) is 17.7 Å². The fraction of sp³-hybridized carbons (Fsp3) is 0. The monoisotopic (exact) mass is 223 g/mol. The summed E-state index contributed by atoms with van der Waals surface area (Å²) in [4.78, 5) is 11.1. The standard InChI is InChI=1S/C13H9N3O/c17-8-10-6-7-11-13(15-16-14-11)12(10)9-4-2-1-3-5-9/h1-8H,(H,14,15,16). The van der Waals surface area contributed by atoms with E-state index in [9.17, 15) is 4.79 Å². The fourth-order valence-corrected chi connectivity index (χ4v) is 1.93. The van der Waals surface area contributed by atoms with Crippen molar-refractivity contribution in [3.63, 3.8) is 0 Å². The van der Waals surface area contributed by atoms with E-state index in [1.165, 1.54) is 0 Å². The first-order valence-corrected chi connectivity index (χ1v) is 5.24. The lowest BCUT2D eigenvalue weighted by Crippen LogP contribution is -1.89. The molecule has 3 aromatic rings. The van der Waals surface area contributed by atoms with Crippen LogP contribution in [0.5, 0.6) is 0 Å². The molecule has 1 N–H and O–H groups in total. The van der Waals surface area contributed by atoms with E-state index in [0.717, 1.165) is 28.4 Å². The molecule has 0 fully saturated rings. The topological polar surface area (TPSA) is 58.6 Å². The van der Waals surface area contributed by atoms with Gasteiger partial charge in [0.2, 0.25) is 0 Å². The van der Waals surface area contributed by atoms with Gasteiger partial charge in [-0.15, -0.1) is 0 Å². The molecular formula is C13H9N3O. The second kappa shape index (κ2) is 3.83. The maximum Gasteiger partial charge on any atom is 0.150 e. The van der Waals surface area contributed by atoms with Crippen molar-refractivity contribution in [1.29, 1.82) is 0 Å². The van der Waals surface area contributed by atoms with Gasteiger partial charge >= 0.3 is 0 Å². The molecule has 4 nitrogen and oxygen atoms in total. The van der Waals surface area contributed by atoms with Gasteiger partial charge in [-0.3, -0.25) is 4.79 Å². The number of H-pyrrole nitrogens is 1. The zero-order chi connectivity index (χ0) is 11.7. The van der Waals surface area contributed by atoms with Crippen LogP contribution in [0.25, 0.3) is 22.2 Å². The Balaban J connectivity index is 2.40. The van der Waals surface area contributed by atoms with E-state index in [4.69, 9.17) is 0 Å². The molecule has 2 aromatic carbocycles. The largest absolute Gasteiger partial charge is 0.298 e. The molecule has 0 aliphatic carbocycles. The molecule has 17 heavy (non-hydrogen) atoms. The maximum atomic E-state index is 11.1. The Hall–Kier alpha value is -2.49. The predicted molar refractivity (Wildman–Crippen MR) is 64.7 cm³/mol. The van der Waals surface area contributed by atoms with Crippen molar-refractivity contribution < 1.29 is 4.79 Å². The van der Waals surface area contributed by atoms with Gasteiger partial charge in [-0.1, -0.05) is 30.3 Å². The molecule has 0 saturated heterocycles. The number of nitrogens with zero attached hydrogens (tertiary/aromatic N) is 2. The SMILES string of the molecule is O=Cc1ccc2n[nH]nc2c1-c1ccccc1. The second-order valence-electron chi connectivity index (χ2n) is 3.71. The first-order valence-electron chi connectivity index (χ1n) is 5.24. The van der Waals surface area contributed by atoms with Gasteiger partial charge in [0.15, 0.2) is 6.29 Å². The summed E-state index contributed by atoms with van der Waals surface area (Å²) in [5, 5.41) is 10.7. The summed E-state index contributed by atoms with van der Waals surface area (Å²) in [6.45, 7) is 0. The minimum absolute atomic E-state index is 0.623. The highest BCUT2D eigenvalue weighted by Crippen LogP contribution is 2.28. The maximum absolute atomic E-state index is 11.1. The van der Waals surface area contributed by atoms with Crippen LogP contribution in [-0.2, 0) is 0 Å². The van der Waals surface area contributed by atoms with E-state index >= 15 is 0 Å². The number of benzene rings is 2. The van der Waals surface area contributed by atoms with Crippen molar-refractivity contribution in [2.24, 2.45) is 0 Å². The fourth-order valence-electron chi connectivity index (χ4n) is 1.93. The van der Waals surface area contributed by atoms with Gasteiger partial charge in [-0.25, -0.2) is 0 Å². The number of carbonyl (C=O) groups is 1. The Morgan fingerprint density at radius 1 is 1.00 bits per heavy atom. The lowest BCUT2D eigenvalue weighted by atomic mass is 9.99. The van der Waals surface area contributed by atoms with E-state index in [2.05, 4.69) is 15.4 Å². The summed E-state index contributed by atoms with van der Waals surface area (Å²) in [6.07, 6.45) is 0.844. The van der Waals surface area contributed by atoms with Crippen molar-refractivity contribution in [1.82, 2.24) is 15.4 Å². The Morgan fingerprint density at radius 2 is 1.82 bits per heavy atom. The number of aldehydes is 1. The molecule has 0 aliphatic heterocycles. The lowest BCUT2D eigenvalue weighted by molar-refractivity contribution is 0.112. The molecule has 1 heterocycles. The molecule has 3 rings (SSSR count). The normalized spacial score (nSPS) is 10.6. The van der Waals surface area contributed by atoms with E-state index in [0.29, 0.717) is 5.56 Å². The average Bonchev–Trinajstić information content (AvgIpc) is 2.86. The number of nitrogens with one attached hydrogen (secondary N) is 1. The van der Waals surface area contributed by atoms with Crippen LogP contribution in [0.1, 0.15) is 10.4 Å². The number of aromatic nitrogens is 3. The number of rotatable bonds is 2. The van der Waals surface area contributed by atoms with Gasteiger partial charge in [0, 0.05) is 11.1 Å².